The molecule has 0 bridgehead atoms. The fourth-order valence-corrected chi connectivity index (χ4v) is 0.367. The highest BCUT2D eigenvalue weighted by molar-refractivity contribution is 5.89. The summed E-state index contributed by atoms with van der Waals surface area (Å²) < 4.78 is 8.20. The molecule has 0 atom stereocenters. The van der Waals surface area contributed by atoms with Gasteiger partial charge in [-0.15, -0.1) is 0 Å². The summed E-state index contributed by atoms with van der Waals surface area (Å²) in [5, 5.41) is 0. The van der Waals surface area contributed by atoms with Crippen LogP contribution in [0.5, 0.6) is 0 Å². The quantitative estimate of drug-likeness (QED) is 0.422. The summed E-state index contributed by atoms with van der Waals surface area (Å²) in [7, 11) is 0. The Morgan fingerprint density at radius 3 is 1.77 bits per heavy atom. The molecule has 13 heavy (non-hydrogen) atoms. The maximum Gasteiger partial charge on any atom is 0.524 e. The highest BCUT2D eigenvalue weighted by Gasteiger charge is 2.26. The molecular weight excluding hydrogens is 176 g/mol. The van der Waals surface area contributed by atoms with Gasteiger partial charge in [-0.25, -0.2) is 4.79 Å². The molecule has 0 aliphatic rings. The second-order valence-electron chi connectivity index (χ2n) is 3.48. The molecule has 74 valence electrons. The molecule has 0 fully saturated rings. The van der Waals surface area contributed by atoms with E-state index in [9.17, 15) is 14.4 Å². The molecule has 0 aliphatic carbocycles. The van der Waals surface area contributed by atoms with Crippen molar-refractivity contribution in [1.82, 2.24) is 0 Å². The highest BCUT2D eigenvalue weighted by Crippen LogP contribution is 2.15. The van der Waals surface area contributed by atoms with Gasteiger partial charge in [-0.3, -0.25) is 9.59 Å². The van der Waals surface area contributed by atoms with Gasteiger partial charge in [-0.2, -0.15) is 0 Å². The zero-order valence-electron chi connectivity index (χ0n) is 8.04. The van der Waals surface area contributed by atoms with Gasteiger partial charge in [-0.1, -0.05) is 0 Å². The highest BCUT2D eigenvalue weighted by atomic mass is 16.8. The van der Waals surface area contributed by atoms with Gasteiger partial charge in [0.2, 0.25) is 0 Å². The van der Waals surface area contributed by atoms with Gasteiger partial charge in [0.25, 0.3) is 0 Å². The zero-order chi connectivity index (χ0) is 10.6. The van der Waals surface area contributed by atoms with E-state index in [1.54, 1.807) is 20.8 Å². The number of esters is 2. The molecule has 0 spiro atoms. The Balaban J connectivity index is 4.08. The van der Waals surface area contributed by atoms with Crippen LogP contribution in [0.1, 0.15) is 27.7 Å². The Morgan fingerprint density at radius 1 is 1.00 bits per heavy atom. The summed E-state index contributed by atoms with van der Waals surface area (Å²) in [6.45, 7) is 5.78. The number of hydrogen-bond acceptors (Lipinski definition) is 5. The van der Waals surface area contributed by atoms with Gasteiger partial charge in [0, 0.05) is 6.92 Å². The van der Waals surface area contributed by atoms with Crippen molar-refractivity contribution in [3.05, 3.63) is 0 Å². The Kier molecular flexibility index (Phi) is 3.59. The van der Waals surface area contributed by atoms with Crippen molar-refractivity contribution in [1.29, 1.82) is 0 Å². The van der Waals surface area contributed by atoms with Gasteiger partial charge in [0.15, 0.2) is 0 Å². The second-order valence-corrected chi connectivity index (χ2v) is 3.48. The zero-order valence-corrected chi connectivity index (χ0v) is 8.04. The van der Waals surface area contributed by atoms with Crippen LogP contribution in [0.4, 0.5) is 4.79 Å². The summed E-state index contributed by atoms with van der Waals surface area (Å²) in [5.74, 6) is -1.55. The first-order valence-corrected chi connectivity index (χ1v) is 3.68. The lowest BCUT2D eigenvalue weighted by atomic mass is 9.98. The molecule has 0 N–H and O–H groups in total. The van der Waals surface area contributed by atoms with E-state index in [-0.39, 0.29) is 0 Å². The summed E-state index contributed by atoms with van der Waals surface area (Å²) in [4.78, 5) is 31.9. The number of rotatable bonds is 0. The van der Waals surface area contributed by atoms with Crippen LogP contribution in [0, 0.1) is 5.41 Å². The molecule has 0 radical (unpaired) electrons. The Labute approximate surface area is 76.0 Å². The van der Waals surface area contributed by atoms with E-state index >= 15 is 0 Å². The third-order valence-electron chi connectivity index (χ3n) is 1.02. The maximum atomic E-state index is 11.0. The van der Waals surface area contributed by atoms with Gasteiger partial charge < -0.3 is 9.47 Å². The van der Waals surface area contributed by atoms with E-state index in [2.05, 4.69) is 9.47 Å². The second kappa shape index (κ2) is 4.02. The van der Waals surface area contributed by atoms with Crippen LogP contribution in [-0.2, 0) is 19.1 Å². The summed E-state index contributed by atoms with van der Waals surface area (Å²) in [6.07, 6.45) is -1.28. The lowest BCUT2D eigenvalue weighted by Gasteiger charge is -2.14. The molecule has 0 saturated carbocycles. The van der Waals surface area contributed by atoms with E-state index in [0.29, 0.717) is 0 Å². The van der Waals surface area contributed by atoms with Gasteiger partial charge >= 0.3 is 18.1 Å². The topological polar surface area (TPSA) is 69.7 Å². The molecule has 0 amide bonds. The molecule has 0 aromatic heterocycles. The minimum absolute atomic E-state index is 0.737. The fourth-order valence-electron chi connectivity index (χ4n) is 0.367. The van der Waals surface area contributed by atoms with E-state index in [1.807, 2.05) is 0 Å². The van der Waals surface area contributed by atoms with Crippen LogP contribution < -0.4 is 0 Å². The summed E-state index contributed by atoms with van der Waals surface area (Å²) in [5.41, 5.74) is -0.796. The average Bonchev–Trinajstić information content (AvgIpc) is 1.82. The van der Waals surface area contributed by atoms with E-state index in [4.69, 9.17) is 0 Å². The first-order chi connectivity index (χ1) is 5.73. The first kappa shape index (κ1) is 11.6. The van der Waals surface area contributed by atoms with Crippen molar-refractivity contribution in [3.8, 4) is 0 Å². The van der Waals surface area contributed by atoms with Gasteiger partial charge in [-0.05, 0) is 20.8 Å². The van der Waals surface area contributed by atoms with Gasteiger partial charge in [0.1, 0.15) is 0 Å². The molecule has 0 aromatic rings. The summed E-state index contributed by atoms with van der Waals surface area (Å²) >= 11 is 0. The maximum absolute atomic E-state index is 11.0. The predicted octanol–water partition coefficient (Wildman–Crippen LogP) is 1.26. The minimum Gasteiger partial charge on any atom is -0.361 e. The normalized spacial score (nSPS) is 10.5. The van der Waals surface area contributed by atoms with Crippen LogP contribution in [0.15, 0.2) is 0 Å². The molecule has 0 aliphatic heterocycles. The van der Waals surface area contributed by atoms with Crippen LogP contribution in [0.2, 0.25) is 0 Å². The molecule has 0 aromatic carbocycles. The van der Waals surface area contributed by atoms with Crippen molar-refractivity contribution in [3.63, 3.8) is 0 Å². The van der Waals surface area contributed by atoms with E-state index in [0.717, 1.165) is 6.92 Å². The Morgan fingerprint density at radius 2 is 1.46 bits per heavy atom. The van der Waals surface area contributed by atoms with Gasteiger partial charge in [0.05, 0.1) is 5.41 Å². The average molecular weight is 188 g/mol. The van der Waals surface area contributed by atoms with Crippen LogP contribution in [-0.4, -0.2) is 18.1 Å². The number of carbonyl (C=O) groups is 3. The first-order valence-electron chi connectivity index (χ1n) is 3.68. The third-order valence-corrected chi connectivity index (χ3v) is 1.02. The Hall–Kier alpha value is -1.39. The number of ether oxygens (including phenoxy) is 2. The van der Waals surface area contributed by atoms with Crippen LogP contribution in [0.25, 0.3) is 0 Å². The van der Waals surface area contributed by atoms with Crippen molar-refractivity contribution in [2.24, 2.45) is 5.41 Å². The fraction of sp³-hybridized carbons (Fsp3) is 0.625. The SMILES string of the molecule is CC(=O)OC(=O)OC(=O)C(C)(C)C. The summed E-state index contributed by atoms with van der Waals surface area (Å²) in [6, 6.07) is 0. The van der Waals surface area contributed by atoms with Crippen molar-refractivity contribution >= 4 is 18.1 Å². The van der Waals surface area contributed by atoms with E-state index in [1.165, 1.54) is 0 Å². The molecule has 0 unspecified atom stereocenters. The monoisotopic (exact) mass is 188 g/mol. The number of hydrogen-bond donors (Lipinski definition) is 0. The Bertz CT molecular complexity index is 235. The van der Waals surface area contributed by atoms with Crippen LogP contribution >= 0.6 is 0 Å². The molecule has 0 saturated heterocycles. The molecule has 0 rings (SSSR count). The lowest BCUT2D eigenvalue weighted by Crippen LogP contribution is -2.26. The van der Waals surface area contributed by atoms with Crippen molar-refractivity contribution in [2.75, 3.05) is 0 Å². The molecule has 5 nitrogen and oxygen atoms in total. The predicted molar refractivity (Wildman–Crippen MR) is 42.7 cm³/mol. The minimum atomic E-state index is -1.28. The van der Waals surface area contributed by atoms with Crippen LogP contribution in [0.3, 0.4) is 0 Å². The molecule has 0 heterocycles. The lowest BCUT2D eigenvalue weighted by molar-refractivity contribution is -0.151. The number of carbonyl (C=O) groups excluding carboxylic acids is 3. The third kappa shape index (κ3) is 4.95. The van der Waals surface area contributed by atoms with Crippen molar-refractivity contribution in [2.45, 2.75) is 27.7 Å². The molecule has 5 heteroatoms. The largest absolute Gasteiger partial charge is 0.524 e. The molecular formula is C8H12O5. The standard InChI is InChI=1S/C8H12O5/c1-5(9)12-7(11)13-6(10)8(2,3)4/h1-4H3. The van der Waals surface area contributed by atoms with E-state index < -0.39 is 23.5 Å². The smallest absolute Gasteiger partial charge is 0.361 e. The van der Waals surface area contributed by atoms with Crippen molar-refractivity contribution < 1.29 is 23.9 Å².